The van der Waals surface area contributed by atoms with Crippen molar-refractivity contribution in [1.29, 1.82) is 0 Å². The molecule has 0 bridgehead atoms. The summed E-state index contributed by atoms with van der Waals surface area (Å²) in [7, 11) is -4.29. The summed E-state index contributed by atoms with van der Waals surface area (Å²) in [6, 6.07) is 1.35. The van der Waals surface area contributed by atoms with Crippen LogP contribution in [0, 0.1) is 5.92 Å². The van der Waals surface area contributed by atoms with Crippen LogP contribution in [0.25, 0.3) is 0 Å². The van der Waals surface area contributed by atoms with Crippen LogP contribution in [-0.4, -0.2) is 37.8 Å². The van der Waals surface area contributed by atoms with Crippen LogP contribution in [0.15, 0.2) is 29.0 Å². The third-order valence-electron chi connectivity index (χ3n) is 2.01. The molecule has 0 spiro atoms. The van der Waals surface area contributed by atoms with Gasteiger partial charge in [0, 0.05) is 17.8 Å². The topological polar surface area (TPSA) is 148 Å². The number of rotatable bonds is 6. The second kappa shape index (κ2) is 6.48. The Hall–Kier alpha value is -1.67. The summed E-state index contributed by atoms with van der Waals surface area (Å²) in [5, 5.41) is 9.01. The van der Waals surface area contributed by atoms with E-state index in [0.717, 1.165) is 10.8 Å². The Labute approximate surface area is 108 Å². The maximum absolute atomic E-state index is 11.3. The highest BCUT2D eigenvalue weighted by Gasteiger charge is 2.11. The van der Waals surface area contributed by atoms with Crippen LogP contribution in [0.5, 0.6) is 0 Å². The number of nitrogen functional groups attached to an aromatic ring is 1. The van der Waals surface area contributed by atoms with Gasteiger partial charge in [-0.3, -0.25) is 4.57 Å². The lowest BCUT2D eigenvalue weighted by Gasteiger charge is -2.12. The molecule has 1 heterocycles. The van der Waals surface area contributed by atoms with E-state index in [2.05, 4.69) is 4.98 Å². The Morgan fingerprint density at radius 3 is 2.79 bits per heavy atom. The monoisotopic (exact) mass is 291 g/mol. The first-order valence-corrected chi connectivity index (χ1v) is 6.84. The molecule has 1 unspecified atom stereocenters. The molecule has 0 saturated heterocycles. The molecule has 10 heteroatoms. The molecule has 106 valence electrons. The predicted octanol–water partition coefficient (Wildman–Crippen LogP) is -1.45. The third-order valence-corrected chi connectivity index (χ3v) is 2.57. The van der Waals surface area contributed by atoms with Crippen molar-refractivity contribution in [3.05, 3.63) is 34.6 Å². The lowest BCUT2D eigenvalue weighted by atomic mass is 10.2. The third kappa shape index (κ3) is 5.66. The minimum atomic E-state index is -4.29. The normalized spacial score (nSPS) is 13.6. The molecule has 9 nitrogen and oxygen atoms in total. The van der Waals surface area contributed by atoms with Crippen LogP contribution >= 0.6 is 7.60 Å². The molecule has 0 amide bonds. The van der Waals surface area contributed by atoms with Gasteiger partial charge in [0.15, 0.2) is 0 Å². The Morgan fingerprint density at radius 2 is 2.26 bits per heavy atom. The molecule has 5 N–H and O–H groups in total. The molecule has 1 aromatic heterocycles. The van der Waals surface area contributed by atoms with Gasteiger partial charge in [0.25, 0.3) is 0 Å². The SMILES string of the molecule is Nc1ccn(OCC(/C=C/P(=O)(O)O)CO)c(=O)n1. The van der Waals surface area contributed by atoms with E-state index in [1.54, 1.807) is 0 Å². The fourth-order valence-electron chi connectivity index (χ4n) is 1.08. The highest BCUT2D eigenvalue weighted by atomic mass is 31.2. The highest BCUT2D eigenvalue weighted by molar-refractivity contribution is 7.55. The van der Waals surface area contributed by atoms with Crippen molar-refractivity contribution in [2.24, 2.45) is 5.92 Å². The Bertz CT molecular complexity index is 551. The van der Waals surface area contributed by atoms with Crippen LogP contribution in [0.1, 0.15) is 0 Å². The fourth-order valence-corrected chi connectivity index (χ4v) is 1.55. The van der Waals surface area contributed by atoms with Crippen LogP contribution in [0.3, 0.4) is 0 Å². The first-order chi connectivity index (χ1) is 8.81. The smallest absolute Gasteiger partial charge is 0.382 e. The van der Waals surface area contributed by atoms with E-state index in [9.17, 15) is 9.36 Å². The van der Waals surface area contributed by atoms with Gasteiger partial charge in [0.2, 0.25) is 0 Å². The molecule has 19 heavy (non-hydrogen) atoms. The maximum Gasteiger partial charge on any atom is 0.382 e. The van der Waals surface area contributed by atoms with Gasteiger partial charge in [-0.1, -0.05) is 6.08 Å². The van der Waals surface area contributed by atoms with Crippen molar-refractivity contribution < 1.29 is 24.3 Å². The number of aliphatic hydroxyl groups excluding tert-OH is 1. The van der Waals surface area contributed by atoms with Gasteiger partial charge in [-0.15, -0.1) is 4.73 Å². The standard InChI is InChI=1S/C9H14N3O6P/c10-8-1-3-12(9(14)11-8)18-6-7(5-13)2-4-19(15,16)17/h1-4,7,13H,5-6H2,(H2,10,11,14)(H2,15,16,17)/b4-2+. The Kier molecular flexibility index (Phi) is 5.25. The van der Waals surface area contributed by atoms with Crippen molar-refractivity contribution in [2.45, 2.75) is 0 Å². The zero-order valence-corrected chi connectivity index (χ0v) is 10.7. The van der Waals surface area contributed by atoms with Gasteiger partial charge in [0.05, 0.1) is 12.8 Å². The second-order valence-electron chi connectivity index (χ2n) is 3.63. The van der Waals surface area contributed by atoms with Gasteiger partial charge in [-0.05, 0) is 0 Å². The van der Waals surface area contributed by atoms with Gasteiger partial charge in [-0.25, -0.2) is 4.79 Å². The van der Waals surface area contributed by atoms with Crippen molar-refractivity contribution >= 4 is 13.4 Å². The zero-order chi connectivity index (χ0) is 14.5. The van der Waals surface area contributed by atoms with Gasteiger partial charge in [-0.2, -0.15) is 4.98 Å². The summed E-state index contributed by atoms with van der Waals surface area (Å²) in [5.74, 6) is 0.0448. The first-order valence-electron chi connectivity index (χ1n) is 5.16. The van der Waals surface area contributed by atoms with Gasteiger partial charge >= 0.3 is 13.3 Å². The van der Waals surface area contributed by atoms with Crippen molar-refractivity contribution in [2.75, 3.05) is 18.9 Å². The average Bonchev–Trinajstić information content (AvgIpc) is 2.30. The lowest BCUT2D eigenvalue weighted by molar-refractivity contribution is 0.0646. The minimum Gasteiger partial charge on any atom is -0.409 e. The number of anilines is 1. The van der Waals surface area contributed by atoms with E-state index < -0.39 is 25.8 Å². The van der Waals surface area contributed by atoms with E-state index in [4.69, 9.17) is 25.5 Å². The molecular weight excluding hydrogens is 277 g/mol. The van der Waals surface area contributed by atoms with Crippen molar-refractivity contribution in [3.63, 3.8) is 0 Å². The summed E-state index contributed by atoms with van der Waals surface area (Å²) in [5.41, 5.74) is 4.56. The maximum atomic E-state index is 11.3. The molecule has 0 aliphatic carbocycles. The molecule has 1 atom stereocenters. The van der Waals surface area contributed by atoms with Crippen LogP contribution < -0.4 is 16.3 Å². The molecular formula is C9H14N3O6P. The van der Waals surface area contributed by atoms with Crippen molar-refractivity contribution in [3.8, 4) is 0 Å². The summed E-state index contributed by atoms with van der Waals surface area (Å²) in [6.07, 6.45) is 2.38. The van der Waals surface area contributed by atoms with E-state index in [1.165, 1.54) is 12.3 Å². The fraction of sp³-hybridized carbons (Fsp3) is 0.333. The number of hydrogen-bond donors (Lipinski definition) is 4. The predicted molar refractivity (Wildman–Crippen MR) is 66.1 cm³/mol. The molecule has 0 radical (unpaired) electrons. The molecule has 0 aliphatic rings. The number of nitrogens with zero attached hydrogens (tertiary/aromatic N) is 2. The molecule has 0 saturated carbocycles. The summed E-state index contributed by atoms with van der Waals surface area (Å²) in [4.78, 5) is 37.0. The quantitative estimate of drug-likeness (QED) is 0.465. The largest absolute Gasteiger partial charge is 0.409 e. The van der Waals surface area contributed by atoms with E-state index in [-0.39, 0.29) is 12.4 Å². The Balaban J connectivity index is 2.66. The van der Waals surface area contributed by atoms with E-state index in [1.807, 2.05) is 0 Å². The van der Waals surface area contributed by atoms with Gasteiger partial charge < -0.3 is 25.5 Å². The lowest BCUT2D eigenvalue weighted by Crippen LogP contribution is -2.32. The number of aliphatic hydroxyl groups is 1. The summed E-state index contributed by atoms with van der Waals surface area (Å²) in [6.45, 7) is -0.549. The summed E-state index contributed by atoms with van der Waals surface area (Å²) < 4.78 is 11.4. The molecule has 0 fully saturated rings. The van der Waals surface area contributed by atoms with E-state index in [0.29, 0.717) is 5.82 Å². The second-order valence-corrected chi connectivity index (χ2v) is 5.11. The molecule has 1 rings (SSSR count). The first kappa shape index (κ1) is 15.4. The molecule has 1 aromatic rings. The van der Waals surface area contributed by atoms with Gasteiger partial charge in [0.1, 0.15) is 12.4 Å². The summed E-state index contributed by atoms with van der Waals surface area (Å²) >= 11 is 0. The average molecular weight is 291 g/mol. The van der Waals surface area contributed by atoms with E-state index >= 15 is 0 Å². The van der Waals surface area contributed by atoms with Crippen LogP contribution in [0.2, 0.25) is 0 Å². The number of aromatic nitrogens is 2. The van der Waals surface area contributed by atoms with Crippen LogP contribution in [-0.2, 0) is 4.57 Å². The zero-order valence-electron chi connectivity index (χ0n) is 9.79. The molecule has 0 aliphatic heterocycles. The highest BCUT2D eigenvalue weighted by Crippen LogP contribution is 2.36. The minimum absolute atomic E-state index is 0.0463. The van der Waals surface area contributed by atoms with Crippen LogP contribution in [0.4, 0.5) is 5.82 Å². The molecule has 0 aromatic carbocycles. The number of nitrogens with two attached hydrogens (primary N) is 1. The number of hydrogen-bond acceptors (Lipinski definition) is 6. The van der Waals surface area contributed by atoms with Crippen molar-refractivity contribution in [1.82, 2.24) is 9.71 Å². The Morgan fingerprint density at radius 1 is 1.58 bits per heavy atom.